The van der Waals surface area contributed by atoms with Gasteiger partial charge in [-0.1, -0.05) is 0 Å². The van der Waals surface area contributed by atoms with E-state index in [2.05, 4.69) is 34.3 Å². The van der Waals surface area contributed by atoms with Gasteiger partial charge in [0.1, 0.15) is 5.01 Å². The first-order chi connectivity index (χ1) is 14.6. The number of alkyl halides is 6. The number of fused-ring (bicyclic) bond motifs is 1. The van der Waals surface area contributed by atoms with Crippen LogP contribution < -0.4 is 0 Å². The summed E-state index contributed by atoms with van der Waals surface area (Å²) in [4.78, 5) is 27.0. The number of rotatable bonds is 4. The van der Waals surface area contributed by atoms with Crippen molar-refractivity contribution in [1.82, 2.24) is 14.8 Å². The molecule has 1 aromatic rings. The molecule has 0 radical (unpaired) electrons. The summed E-state index contributed by atoms with van der Waals surface area (Å²) in [7, 11) is 4.32. The molecule has 3 heterocycles. The van der Waals surface area contributed by atoms with Gasteiger partial charge in [0, 0.05) is 42.5 Å². The van der Waals surface area contributed by atoms with Gasteiger partial charge in [-0.05, 0) is 14.1 Å². The molecule has 2 fully saturated rings. The van der Waals surface area contributed by atoms with Gasteiger partial charge < -0.3 is 19.8 Å². The number of nitrogens with zero attached hydrogens (tertiary/aromatic N) is 3. The second kappa shape index (κ2) is 11.2. The maximum Gasteiger partial charge on any atom is 0.490 e. The van der Waals surface area contributed by atoms with Gasteiger partial charge in [-0.25, -0.2) is 14.6 Å². The minimum absolute atomic E-state index is 0.348. The van der Waals surface area contributed by atoms with Gasteiger partial charge in [0.2, 0.25) is 0 Å². The largest absolute Gasteiger partial charge is 0.490 e. The third-order valence-corrected chi connectivity index (χ3v) is 5.31. The van der Waals surface area contributed by atoms with Gasteiger partial charge in [-0.15, -0.1) is 11.3 Å². The van der Waals surface area contributed by atoms with E-state index in [9.17, 15) is 26.3 Å². The molecule has 184 valence electrons. The molecule has 8 nitrogen and oxygen atoms in total. The van der Waals surface area contributed by atoms with Gasteiger partial charge in [-0.2, -0.15) is 26.3 Å². The SMILES string of the molecule is CN(C)C[C@]12COC[C@H]1CN(Cc1nccs1)C2.O=C(O)C(F)(F)F.O=C(O)C(F)(F)F. The summed E-state index contributed by atoms with van der Waals surface area (Å²) in [6, 6.07) is 0. The van der Waals surface area contributed by atoms with Crippen molar-refractivity contribution in [2.24, 2.45) is 11.3 Å². The van der Waals surface area contributed by atoms with E-state index in [1.54, 1.807) is 11.3 Å². The van der Waals surface area contributed by atoms with Crippen molar-refractivity contribution < 1.29 is 50.9 Å². The van der Waals surface area contributed by atoms with Crippen LogP contribution in [0, 0.1) is 11.3 Å². The Kier molecular flexibility index (Phi) is 9.86. The normalized spacial score (nSPS) is 23.1. The number of ether oxygens (including phenoxy) is 1. The molecule has 0 unspecified atom stereocenters. The fourth-order valence-corrected chi connectivity index (χ4v) is 4.10. The van der Waals surface area contributed by atoms with Crippen LogP contribution in [0.5, 0.6) is 0 Å². The van der Waals surface area contributed by atoms with Crippen LogP contribution >= 0.6 is 11.3 Å². The molecule has 32 heavy (non-hydrogen) atoms. The van der Waals surface area contributed by atoms with Crippen LogP contribution in [0.2, 0.25) is 0 Å². The molecule has 0 aromatic carbocycles. The Balaban J connectivity index is 0.000000305. The first-order valence-corrected chi connectivity index (χ1v) is 9.88. The highest BCUT2D eigenvalue weighted by atomic mass is 32.1. The molecular formula is C17H23F6N3O5S. The zero-order valence-corrected chi connectivity index (χ0v) is 17.9. The lowest BCUT2D eigenvalue weighted by Gasteiger charge is -2.30. The lowest BCUT2D eigenvalue weighted by Crippen LogP contribution is -2.40. The number of carboxylic acids is 2. The van der Waals surface area contributed by atoms with E-state index in [-0.39, 0.29) is 0 Å². The fourth-order valence-electron chi connectivity index (χ4n) is 3.44. The fraction of sp³-hybridized carbons (Fsp3) is 0.706. The highest BCUT2D eigenvalue weighted by Crippen LogP contribution is 2.42. The Morgan fingerprint density at radius 1 is 1.22 bits per heavy atom. The standard InChI is InChI=1S/C13H21N3OS.2C2HF3O2/c1-15(2)8-13-9-16(5-11(13)7-17-10-13)6-12-14-3-4-18-12;2*3-2(4,5)1(6)7/h3-4,11H,5-10H2,1-2H3;2*(H,6,7)/t11-,13+;;/m1../s1. The molecule has 3 rings (SSSR count). The lowest BCUT2D eigenvalue weighted by atomic mass is 9.81. The average Bonchev–Trinajstić information content (AvgIpc) is 3.30. The molecule has 2 aliphatic rings. The first-order valence-electron chi connectivity index (χ1n) is 9.00. The Hall–Kier alpha value is -1.97. The monoisotopic (exact) mass is 495 g/mol. The van der Waals surface area contributed by atoms with E-state index in [1.807, 2.05) is 6.20 Å². The molecule has 0 bridgehead atoms. The van der Waals surface area contributed by atoms with Crippen molar-refractivity contribution in [2.75, 3.05) is 46.9 Å². The van der Waals surface area contributed by atoms with Gasteiger partial charge in [-0.3, -0.25) is 4.90 Å². The number of carbonyl (C=O) groups is 2. The Labute approximate surface area is 183 Å². The Morgan fingerprint density at radius 2 is 1.75 bits per heavy atom. The topological polar surface area (TPSA) is 103 Å². The van der Waals surface area contributed by atoms with Gasteiger partial charge in [0.05, 0.1) is 19.8 Å². The molecule has 0 spiro atoms. The zero-order chi connectivity index (χ0) is 24.7. The van der Waals surface area contributed by atoms with Crippen molar-refractivity contribution >= 4 is 23.3 Å². The van der Waals surface area contributed by atoms with E-state index >= 15 is 0 Å². The van der Waals surface area contributed by atoms with Crippen LogP contribution in [0.1, 0.15) is 5.01 Å². The second-order valence-electron chi connectivity index (χ2n) is 7.51. The number of likely N-dealkylation sites (tertiary alicyclic amines) is 1. The molecule has 0 amide bonds. The maximum absolute atomic E-state index is 10.6. The number of aromatic nitrogens is 1. The Bertz CT molecular complexity index is 720. The lowest BCUT2D eigenvalue weighted by molar-refractivity contribution is -0.193. The highest BCUT2D eigenvalue weighted by molar-refractivity contribution is 7.09. The van der Waals surface area contributed by atoms with E-state index in [4.69, 9.17) is 24.5 Å². The summed E-state index contributed by atoms with van der Waals surface area (Å²) in [5, 5.41) is 17.5. The van der Waals surface area contributed by atoms with E-state index in [0.717, 1.165) is 39.4 Å². The predicted molar refractivity (Wildman–Crippen MR) is 100 cm³/mol. The summed E-state index contributed by atoms with van der Waals surface area (Å²) < 4.78 is 69.2. The molecule has 2 aliphatic heterocycles. The van der Waals surface area contributed by atoms with Crippen molar-refractivity contribution in [3.63, 3.8) is 0 Å². The summed E-state index contributed by atoms with van der Waals surface area (Å²) >= 11 is 1.76. The number of hydrogen-bond acceptors (Lipinski definition) is 7. The molecular weight excluding hydrogens is 472 g/mol. The van der Waals surface area contributed by atoms with Crippen LogP contribution in [0.4, 0.5) is 26.3 Å². The number of carboxylic acid groups (broad SMARTS) is 2. The summed E-state index contributed by atoms with van der Waals surface area (Å²) in [6.45, 7) is 6.30. The third-order valence-electron chi connectivity index (χ3n) is 4.55. The minimum atomic E-state index is -5.08. The predicted octanol–water partition coefficient (Wildman–Crippen LogP) is 2.42. The molecule has 2 N–H and O–H groups in total. The first kappa shape index (κ1) is 28.1. The molecule has 0 aliphatic carbocycles. The summed E-state index contributed by atoms with van der Waals surface area (Å²) in [5.41, 5.74) is 0.348. The van der Waals surface area contributed by atoms with Crippen molar-refractivity contribution in [1.29, 1.82) is 0 Å². The van der Waals surface area contributed by atoms with Crippen molar-refractivity contribution in [2.45, 2.75) is 18.9 Å². The molecule has 2 saturated heterocycles. The van der Waals surface area contributed by atoms with Crippen LogP contribution in [-0.4, -0.2) is 96.2 Å². The molecule has 15 heteroatoms. The minimum Gasteiger partial charge on any atom is -0.475 e. The van der Waals surface area contributed by atoms with Gasteiger partial charge in [0.25, 0.3) is 0 Å². The van der Waals surface area contributed by atoms with Crippen LogP contribution in [-0.2, 0) is 20.9 Å². The summed E-state index contributed by atoms with van der Waals surface area (Å²) in [5.74, 6) is -4.82. The quantitative estimate of drug-likeness (QED) is 0.614. The smallest absolute Gasteiger partial charge is 0.475 e. The number of thiazole rings is 1. The average molecular weight is 495 g/mol. The number of halogens is 6. The number of aliphatic carboxylic acids is 2. The van der Waals surface area contributed by atoms with Crippen molar-refractivity contribution in [3.05, 3.63) is 16.6 Å². The van der Waals surface area contributed by atoms with Gasteiger partial charge in [0.15, 0.2) is 0 Å². The molecule has 0 saturated carbocycles. The Morgan fingerprint density at radius 3 is 2.16 bits per heavy atom. The molecule has 2 atom stereocenters. The van der Waals surface area contributed by atoms with E-state index < -0.39 is 24.3 Å². The highest BCUT2D eigenvalue weighted by Gasteiger charge is 2.50. The van der Waals surface area contributed by atoms with E-state index in [1.165, 1.54) is 5.01 Å². The third kappa shape index (κ3) is 8.88. The zero-order valence-electron chi connectivity index (χ0n) is 17.1. The van der Waals surface area contributed by atoms with Crippen LogP contribution in [0.3, 0.4) is 0 Å². The van der Waals surface area contributed by atoms with Crippen LogP contribution in [0.25, 0.3) is 0 Å². The number of hydrogen-bond donors (Lipinski definition) is 2. The maximum atomic E-state index is 10.6. The van der Waals surface area contributed by atoms with E-state index in [0.29, 0.717) is 11.3 Å². The second-order valence-corrected chi connectivity index (χ2v) is 8.49. The summed E-state index contributed by atoms with van der Waals surface area (Å²) in [6.07, 6.45) is -8.27. The van der Waals surface area contributed by atoms with Crippen molar-refractivity contribution in [3.8, 4) is 0 Å². The molecule has 1 aromatic heterocycles. The van der Waals surface area contributed by atoms with Gasteiger partial charge >= 0.3 is 24.3 Å². The van der Waals surface area contributed by atoms with Crippen LogP contribution in [0.15, 0.2) is 11.6 Å².